The molecule has 0 saturated heterocycles. The second-order valence-corrected chi connectivity index (χ2v) is 4.03. The number of rotatable bonds is 1. The van der Waals surface area contributed by atoms with Crippen LogP contribution in [0, 0.1) is 5.82 Å². The third kappa shape index (κ3) is 1.92. The van der Waals surface area contributed by atoms with Crippen LogP contribution in [0.5, 0.6) is 0 Å². The molecule has 15 heavy (non-hydrogen) atoms. The first-order chi connectivity index (χ1) is 7.08. The Bertz CT molecular complexity index is 506. The van der Waals surface area contributed by atoms with Crippen molar-refractivity contribution in [1.29, 1.82) is 0 Å². The van der Waals surface area contributed by atoms with Crippen LogP contribution in [0.2, 0.25) is 5.28 Å². The average molecular weight is 225 g/mol. The predicted molar refractivity (Wildman–Crippen MR) is 58.6 cm³/mol. The highest BCUT2D eigenvalue weighted by Crippen LogP contribution is 2.24. The van der Waals surface area contributed by atoms with Gasteiger partial charge in [-0.3, -0.25) is 0 Å². The molecular weight excluding hydrogens is 215 g/mol. The van der Waals surface area contributed by atoms with E-state index in [-0.39, 0.29) is 17.0 Å². The highest BCUT2D eigenvalue weighted by Gasteiger charge is 2.10. The second-order valence-electron chi connectivity index (χ2n) is 3.69. The molecule has 2 rings (SSSR count). The van der Waals surface area contributed by atoms with Gasteiger partial charge in [0, 0.05) is 11.5 Å². The first-order valence-electron chi connectivity index (χ1n) is 4.70. The fourth-order valence-electron chi connectivity index (χ4n) is 1.54. The lowest BCUT2D eigenvalue weighted by atomic mass is 10.0. The molecular formula is C11H10ClFN2. The Kier molecular flexibility index (Phi) is 2.57. The van der Waals surface area contributed by atoms with Crippen LogP contribution >= 0.6 is 11.6 Å². The van der Waals surface area contributed by atoms with Crippen LogP contribution in [0.15, 0.2) is 18.2 Å². The Hall–Kier alpha value is -1.22. The van der Waals surface area contributed by atoms with E-state index in [0.29, 0.717) is 5.52 Å². The molecule has 0 radical (unpaired) electrons. The van der Waals surface area contributed by atoms with Crippen LogP contribution < -0.4 is 0 Å². The summed E-state index contributed by atoms with van der Waals surface area (Å²) in [5.74, 6) is -0.0783. The van der Waals surface area contributed by atoms with Crippen LogP contribution in [0.25, 0.3) is 10.9 Å². The highest BCUT2D eigenvalue weighted by atomic mass is 35.5. The van der Waals surface area contributed by atoms with E-state index in [1.54, 1.807) is 6.07 Å². The molecule has 0 atom stereocenters. The summed E-state index contributed by atoms with van der Waals surface area (Å²) in [5, 5.41) is 1.02. The Morgan fingerprint density at radius 1 is 1.27 bits per heavy atom. The molecule has 0 fully saturated rings. The minimum Gasteiger partial charge on any atom is -0.222 e. The lowest BCUT2D eigenvalue weighted by Crippen LogP contribution is -1.97. The molecule has 2 aromatic rings. The third-order valence-electron chi connectivity index (χ3n) is 2.21. The molecule has 0 aliphatic rings. The molecule has 0 amide bonds. The molecule has 0 aliphatic carbocycles. The zero-order chi connectivity index (χ0) is 11.0. The van der Waals surface area contributed by atoms with Crippen molar-refractivity contribution in [1.82, 2.24) is 9.97 Å². The molecule has 4 heteroatoms. The number of hydrogen-bond donors (Lipinski definition) is 0. The first-order valence-corrected chi connectivity index (χ1v) is 5.08. The first kappa shape index (κ1) is 10.3. The smallest absolute Gasteiger partial charge is 0.222 e. The van der Waals surface area contributed by atoms with E-state index in [4.69, 9.17) is 11.6 Å². The van der Waals surface area contributed by atoms with E-state index in [0.717, 1.165) is 11.1 Å². The Labute approximate surface area is 92.1 Å². The maximum absolute atomic E-state index is 13.0. The van der Waals surface area contributed by atoms with E-state index in [1.807, 2.05) is 13.8 Å². The summed E-state index contributed by atoms with van der Waals surface area (Å²) in [6.45, 7) is 4.03. The van der Waals surface area contributed by atoms with Crippen LogP contribution in [-0.4, -0.2) is 9.97 Å². The molecule has 1 aromatic carbocycles. The number of fused-ring (bicyclic) bond motifs is 1. The van der Waals surface area contributed by atoms with Crippen LogP contribution in [-0.2, 0) is 0 Å². The van der Waals surface area contributed by atoms with Gasteiger partial charge in [0.2, 0.25) is 5.28 Å². The largest absolute Gasteiger partial charge is 0.223 e. The summed E-state index contributed by atoms with van der Waals surface area (Å²) < 4.78 is 13.0. The molecule has 0 saturated carbocycles. The van der Waals surface area contributed by atoms with Crippen molar-refractivity contribution in [3.63, 3.8) is 0 Å². The normalized spacial score (nSPS) is 11.3. The third-order valence-corrected chi connectivity index (χ3v) is 2.38. The molecule has 0 unspecified atom stereocenters. The summed E-state index contributed by atoms with van der Waals surface area (Å²) in [6.07, 6.45) is 0. The van der Waals surface area contributed by atoms with Gasteiger partial charge in [-0.1, -0.05) is 13.8 Å². The molecule has 2 nitrogen and oxygen atoms in total. The van der Waals surface area contributed by atoms with Crippen LogP contribution in [0.4, 0.5) is 4.39 Å². The zero-order valence-corrected chi connectivity index (χ0v) is 9.22. The van der Waals surface area contributed by atoms with Crippen molar-refractivity contribution in [3.05, 3.63) is 35.0 Å². The van der Waals surface area contributed by atoms with Gasteiger partial charge in [-0.25, -0.2) is 14.4 Å². The zero-order valence-electron chi connectivity index (χ0n) is 8.46. The summed E-state index contributed by atoms with van der Waals surface area (Å²) in [5.41, 5.74) is 1.41. The van der Waals surface area contributed by atoms with Gasteiger partial charge in [0.15, 0.2) is 0 Å². The fourth-order valence-corrected chi connectivity index (χ4v) is 1.72. The van der Waals surface area contributed by atoms with Crippen molar-refractivity contribution in [3.8, 4) is 0 Å². The van der Waals surface area contributed by atoms with E-state index < -0.39 is 0 Å². The van der Waals surface area contributed by atoms with Gasteiger partial charge >= 0.3 is 0 Å². The molecule has 0 aliphatic heterocycles. The van der Waals surface area contributed by atoms with Gasteiger partial charge in [-0.05, 0) is 29.7 Å². The van der Waals surface area contributed by atoms with Gasteiger partial charge in [0.1, 0.15) is 5.82 Å². The molecule has 0 bridgehead atoms. The van der Waals surface area contributed by atoms with Gasteiger partial charge < -0.3 is 0 Å². The lowest BCUT2D eigenvalue weighted by Gasteiger charge is -2.08. The molecule has 78 valence electrons. The highest BCUT2D eigenvalue weighted by molar-refractivity contribution is 6.28. The molecule has 1 aromatic heterocycles. The van der Waals surface area contributed by atoms with Gasteiger partial charge in [-0.2, -0.15) is 0 Å². The fraction of sp³-hybridized carbons (Fsp3) is 0.273. The quantitative estimate of drug-likeness (QED) is 0.693. The number of halogens is 2. The van der Waals surface area contributed by atoms with Crippen LogP contribution in [0.1, 0.15) is 25.5 Å². The van der Waals surface area contributed by atoms with E-state index in [2.05, 4.69) is 9.97 Å². The maximum Gasteiger partial charge on any atom is 0.223 e. The lowest BCUT2D eigenvalue weighted by molar-refractivity contribution is 0.629. The summed E-state index contributed by atoms with van der Waals surface area (Å²) in [6, 6.07) is 4.47. The standard InChI is InChI=1S/C11H10ClFN2/c1-6(2)10-8-4-3-7(13)5-9(8)14-11(12)15-10/h3-6H,1-2H3. The van der Waals surface area contributed by atoms with Crippen molar-refractivity contribution in [2.24, 2.45) is 0 Å². The van der Waals surface area contributed by atoms with E-state index >= 15 is 0 Å². The summed E-state index contributed by atoms with van der Waals surface area (Å²) in [7, 11) is 0. The molecule has 0 spiro atoms. The van der Waals surface area contributed by atoms with Gasteiger partial charge in [0.25, 0.3) is 0 Å². The van der Waals surface area contributed by atoms with E-state index in [9.17, 15) is 4.39 Å². The van der Waals surface area contributed by atoms with Crippen LogP contribution in [0.3, 0.4) is 0 Å². The number of aromatic nitrogens is 2. The SMILES string of the molecule is CC(C)c1nc(Cl)nc2cc(F)ccc12. The average Bonchev–Trinajstić information content (AvgIpc) is 2.15. The Balaban J connectivity index is 2.80. The second kappa shape index (κ2) is 3.74. The topological polar surface area (TPSA) is 25.8 Å². The van der Waals surface area contributed by atoms with E-state index in [1.165, 1.54) is 12.1 Å². The van der Waals surface area contributed by atoms with Gasteiger partial charge in [0.05, 0.1) is 11.2 Å². The minimum absolute atomic E-state index is 0.164. The number of hydrogen-bond acceptors (Lipinski definition) is 2. The number of benzene rings is 1. The molecule has 0 N–H and O–H groups in total. The van der Waals surface area contributed by atoms with Crippen molar-refractivity contribution in [2.45, 2.75) is 19.8 Å². The molecule has 1 heterocycles. The van der Waals surface area contributed by atoms with Gasteiger partial charge in [-0.15, -0.1) is 0 Å². The Morgan fingerprint density at radius 3 is 2.67 bits per heavy atom. The van der Waals surface area contributed by atoms with Crippen molar-refractivity contribution < 1.29 is 4.39 Å². The van der Waals surface area contributed by atoms with Crippen molar-refractivity contribution in [2.75, 3.05) is 0 Å². The summed E-state index contributed by atoms with van der Waals surface area (Å²) >= 11 is 5.78. The number of nitrogens with zero attached hydrogens (tertiary/aromatic N) is 2. The predicted octanol–water partition coefficient (Wildman–Crippen LogP) is 3.55. The Morgan fingerprint density at radius 2 is 2.00 bits per heavy atom. The summed E-state index contributed by atoms with van der Waals surface area (Å²) in [4.78, 5) is 8.16. The minimum atomic E-state index is -0.313. The monoisotopic (exact) mass is 224 g/mol. The maximum atomic E-state index is 13.0. The van der Waals surface area contributed by atoms with Crippen molar-refractivity contribution >= 4 is 22.5 Å².